The lowest BCUT2D eigenvalue weighted by molar-refractivity contribution is -0.119. The van der Waals surface area contributed by atoms with Crippen LogP contribution in [0.25, 0.3) is 22.8 Å². The fraction of sp³-hybridized carbons (Fsp3) is 0.143. The van der Waals surface area contributed by atoms with Crippen LogP contribution in [0.1, 0.15) is 23.2 Å². The molecular formula is C28H23N3O5. The third-order valence-electron chi connectivity index (χ3n) is 5.82. The van der Waals surface area contributed by atoms with Crippen LogP contribution in [-0.2, 0) is 14.3 Å². The lowest BCUT2D eigenvalue weighted by Gasteiger charge is -2.20. The summed E-state index contributed by atoms with van der Waals surface area (Å²) in [6, 6.07) is 23.3. The molecule has 36 heavy (non-hydrogen) atoms. The van der Waals surface area contributed by atoms with Gasteiger partial charge in [0.05, 0.1) is 28.7 Å². The molecule has 180 valence electrons. The van der Waals surface area contributed by atoms with Crippen molar-refractivity contribution in [2.75, 3.05) is 23.4 Å². The number of ether oxygens (including phenoxy) is 1. The monoisotopic (exact) mass is 481 g/mol. The maximum Gasteiger partial charge on any atom is 0.339 e. The Hall–Kier alpha value is -4.72. The van der Waals surface area contributed by atoms with Crippen molar-refractivity contribution in [2.24, 2.45) is 0 Å². The summed E-state index contributed by atoms with van der Waals surface area (Å²) in [4.78, 5) is 43.6. The molecule has 5 rings (SSSR count). The molecule has 1 aromatic heterocycles. The summed E-state index contributed by atoms with van der Waals surface area (Å²) in [7, 11) is 0. The summed E-state index contributed by atoms with van der Waals surface area (Å²) < 4.78 is 11.2. The minimum absolute atomic E-state index is 0.0155. The molecule has 8 nitrogen and oxygen atoms in total. The summed E-state index contributed by atoms with van der Waals surface area (Å²) in [5.74, 6) is -0.328. The highest BCUT2D eigenvalue weighted by Crippen LogP contribution is 2.30. The topological polar surface area (TPSA) is 102 Å². The summed E-state index contributed by atoms with van der Waals surface area (Å²) >= 11 is 0. The van der Waals surface area contributed by atoms with Gasteiger partial charge in [-0.25, -0.2) is 9.78 Å². The largest absolute Gasteiger partial charge is 0.452 e. The van der Waals surface area contributed by atoms with Gasteiger partial charge in [-0.2, -0.15) is 0 Å². The Bertz CT molecular complexity index is 1410. The zero-order chi connectivity index (χ0) is 24.9. The van der Waals surface area contributed by atoms with Crippen LogP contribution in [0.2, 0.25) is 0 Å². The third-order valence-corrected chi connectivity index (χ3v) is 5.82. The van der Waals surface area contributed by atoms with Gasteiger partial charge in [0.15, 0.2) is 12.4 Å². The zero-order valence-electron chi connectivity index (χ0n) is 19.3. The van der Waals surface area contributed by atoms with Crippen LogP contribution >= 0.6 is 0 Å². The van der Waals surface area contributed by atoms with E-state index in [-0.39, 0.29) is 17.4 Å². The fourth-order valence-electron chi connectivity index (χ4n) is 4.09. The van der Waals surface area contributed by atoms with Gasteiger partial charge in [-0.3, -0.25) is 9.59 Å². The van der Waals surface area contributed by atoms with Crippen molar-refractivity contribution in [1.82, 2.24) is 4.98 Å². The number of amides is 2. The Morgan fingerprint density at radius 3 is 2.53 bits per heavy atom. The number of carbonyl (C=O) groups excluding carboxylic acids is 3. The third kappa shape index (κ3) is 4.88. The van der Waals surface area contributed by atoms with Crippen LogP contribution in [0.15, 0.2) is 89.5 Å². The minimum Gasteiger partial charge on any atom is -0.452 e. The summed E-state index contributed by atoms with van der Waals surface area (Å²) in [5.41, 5.74) is 2.67. The Balaban J connectivity index is 1.27. The highest BCUT2D eigenvalue weighted by Gasteiger charge is 2.24. The molecule has 3 aromatic carbocycles. The molecule has 0 aliphatic carbocycles. The number of nitrogens with zero attached hydrogens (tertiary/aromatic N) is 2. The second kappa shape index (κ2) is 10.3. The van der Waals surface area contributed by atoms with E-state index in [1.165, 1.54) is 0 Å². The molecule has 1 aliphatic heterocycles. The first kappa shape index (κ1) is 23.0. The van der Waals surface area contributed by atoms with E-state index >= 15 is 0 Å². The molecule has 4 aromatic rings. The van der Waals surface area contributed by atoms with Gasteiger partial charge in [-0.05, 0) is 30.7 Å². The van der Waals surface area contributed by atoms with Gasteiger partial charge in [-0.1, -0.05) is 54.6 Å². The number of rotatable bonds is 7. The molecule has 0 atom stereocenters. The molecule has 8 heteroatoms. The molecule has 0 spiro atoms. The number of esters is 1. The van der Waals surface area contributed by atoms with Crippen LogP contribution in [-0.4, -0.2) is 35.9 Å². The number of anilines is 2. The van der Waals surface area contributed by atoms with Crippen LogP contribution in [0.3, 0.4) is 0 Å². The van der Waals surface area contributed by atoms with E-state index < -0.39 is 18.5 Å². The fourth-order valence-corrected chi connectivity index (χ4v) is 4.09. The first-order chi connectivity index (χ1) is 17.6. The van der Waals surface area contributed by atoms with Crippen LogP contribution in [0.4, 0.5) is 11.4 Å². The second-order valence-corrected chi connectivity index (χ2v) is 8.23. The van der Waals surface area contributed by atoms with Gasteiger partial charge in [0.2, 0.25) is 11.8 Å². The predicted octanol–water partition coefficient (Wildman–Crippen LogP) is 4.93. The van der Waals surface area contributed by atoms with E-state index in [4.69, 9.17) is 9.15 Å². The number of hydrogen-bond donors (Lipinski definition) is 1. The van der Waals surface area contributed by atoms with Crippen LogP contribution < -0.4 is 10.2 Å². The number of benzene rings is 3. The Kier molecular flexibility index (Phi) is 6.57. The molecule has 1 aliphatic rings. The minimum atomic E-state index is -0.678. The average molecular weight is 482 g/mol. The maximum atomic E-state index is 12.9. The number of hydrogen-bond acceptors (Lipinski definition) is 6. The second-order valence-electron chi connectivity index (χ2n) is 8.23. The molecular weight excluding hydrogens is 458 g/mol. The lowest BCUT2D eigenvalue weighted by atomic mass is 10.1. The van der Waals surface area contributed by atoms with Crippen molar-refractivity contribution >= 4 is 29.2 Å². The van der Waals surface area contributed by atoms with Gasteiger partial charge < -0.3 is 19.4 Å². The average Bonchev–Trinajstić information content (AvgIpc) is 3.58. The lowest BCUT2D eigenvalue weighted by Crippen LogP contribution is -2.27. The van der Waals surface area contributed by atoms with Crippen LogP contribution in [0, 0.1) is 0 Å². The molecule has 0 unspecified atom stereocenters. The normalized spacial score (nSPS) is 13.0. The first-order valence-electron chi connectivity index (χ1n) is 11.6. The maximum absolute atomic E-state index is 12.9. The zero-order valence-corrected chi connectivity index (χ0v) is 19.3. The Morgan fingerprint density at radius 1 is 0.972 bits per heavy atom. The molecule has 2 heterocycles. The SMILES string of the molecule is O=C(COC(=O)c1ccccc1-c1ncc(-c2ccccc2)o1)Nc1ccccc1N1CCCC1=O. The van der Waals surface area contributed by atoms with Gasteiger partial charge in [0, 0.05) is 18.5 Å². The smallest absolute Gasteiger partial charge is 0.339 e. The van der Waals surface area contributed by atoms with Crippen molar-refractivity contribution in [3.8, 4) is 22.8 Å². The quantitative estimate of drug-likeness (QED) is 0.376. The van der Waals surface area contributed by atoms with Gasteiger partial charge in [0.1, 0.15) is 0 Å². The first-order valence-corrected chi connectivity index (χ1v) is 11.6. The number of aromatic nitrogens is 1. The number of oxazole rings is 1. The van der Waals surface area contributed by atoms with Crippen molar-refractivity contribution in [2.45, 2.75) is 12.8 Å². The van der Waals surface area contributed by atoms with Gasteiger partial charge in [-0.15, -0.1) is 0 Å². The number of carbonyl (C=O) groups is 3. The molecule has 1 fully saturated rings. The van der Waals surface area contributed by atoms with Crippen molar-refractivity contribution in [3.63, 3.8) is 0 Å². The van der Waals surface area contributed by atoms with E-state index in [1.54, 1.807) is 59.6 Å². The molecule has 2 amide bonds. The standard InChI is InChI=1S/C28H23N3O5/c32-25(30-22-13-6-7-14-23(22)31-16-8-15-26(31)33)18-35-28(34)21-12-5-4-11-20(21)27-29-17-24(36-27)19-9-2-1-3-10-19/h1-7,9-14,17H,8,15-16,18H2,(H,30,32). The molecule has 0 radical (unpaired) electrons. The van der Waals surface area contributed by atoms with Gasteiger partial charge >= 0.3 is 5.97 Å². The highest BCUT2D eigenvalue weighted by molar-refractivity contribution is 6.03. The van der Waals surface area contributed by atoms with E-state index in [1.807, 2.05) is 30.3 Å². The highest BCUT2D eigenvalue weighted by atomic mass is 16.5. The van der Waals surface area contributed by atoms with E-state index in [0.29, 0.717) is 35.7 Å². The van der Waals surface area contributed by atoms with E-state index in [0.717, 1.165) is 12.0 Å². The molecule has 1 N–H and O–H groups in total. The van der Waals surface area contributed by atoms with Crippen molar-refractivity contribution < 1.29 is 23.5 Å². The summed E-state index contributed by atoms with van der Waals surface area (Å²) in [5, 5.41) is 2.74. The molecule has 0 bridgehead atoms. The summed E-state index contributed by atoms with van der Waals surface area (Å²) in [6.07, 6.45) is 2.86. The van der Waals surface area contributed by atoms with E-state index in [9.17, 15) is 14.4 Å². The number of nitrogens with one attached hydrogen (secondary N) is 1. The Morgan fingerprint density at radius 2 is 1.72 bits per heavy atom. The molecule has 0 saturated carbocycles. The number of para-hydroxylation sites is 2. The van der Waals surface area contributed by atoms with Crippen molar-refractivity contribution in [3.05, 3.63) is 90.6 Å². The Labute approximate surface area is 207 Å². The summed E-state index contributed by atoms with van der Waals surface area (Å²) in [6.45, 7) is 0.112. The van der Waals surface area contributed by atoms with E-state index in [2.05, 4.69) is 10.3 Å². The molecule has 1 saturated heterocycles. The predicted molar refractivity (Wildman–Crippen MR) is 134 cm³/mol. The van der Waals surface area contributed by atoms with Gasteiger partial charge in [0.25, 0.3) is 5.91 Å². The van der Waals surface area contributed by atoms with Crippen LogP contribution in [0.5, 0.6) is 0 Å². The van der Waals surface area contributed by atoms with Crippen molar-refractivity contribution in [1.29, 1.82) is 0 Å².